The molecule has 1 N–H and O–H groups in total. The molecule has 5 nitrogen and oxygen atoms in total. The number of hydrogen-bond donors (Lipinski definition) is 1. The number of hydrogen-bond acceptors (Lipinski definition) is 5. The van der Waals surface area contributed by atoms with E-state index in [9.17, 15) is 8.78 Å². The van der Waals surface area contributed by atoms with Gasteiger partial charge in [-0.15, -0.1) is 10.2 Å². The van der Waals surface area contributed by atoms with Gasteiger partial charge in [0, 0.05) is 25.6 Å². The van der Waals surface area contributed by atoms with E-state index in [0.717, 1.165) is 18.5 Å². The van der Waals surface area contributed by atoms with Crippen molar-refractivity contribution in [2.45, 2.75) is 51.9 Å². The second-order valence-electron chi connectivity index (χ2n) is 6.44. The SMILES string of the molecule is Cc1nnc(CN[C@@H]2CCN(C(C)C)[C@H]2c2ccc(F)c(F)c2)o1. The third kappa shape index (κ3) is 3.47. The molecule has 1 aliphatic heterocycles. The Hall–Kier alpha value is -1.86. The Morgan fingerprint density at radius 1 is 1.29 bits per heavy atom. The number of likely N-dealkylation sites (tertiary alicyclic amines) is 1. The van der Waals surface area contributed by atoms with Crippen LogP contribution in [0.3, 0.4) is 0 Å². The normalized spacial score (nSPS) is 21.8. The fourth-order valence-corrected chi connectivity index (χ4v) is 3.36. The molecule has 0 aliphatic carbocycles. The fourth-order valence-electron chi connectivity index (χ4n) is 3.36. The van der Waals surface area contributed by atoms with Crippen LogP contribution < -0.4 is 5.32 Å². The van der Waals surface area contributed by atoms with E-state index in [0.29, 0.717) is 24.4 Å². The summed E-state index contributed by atoms with van der Waals surface area (Å²) in [5.41, 5.74) is 0.777. The van der Waals surface area contributed by atoms with Crippen molar-refractivity contribution in [2.24, 2.45) is 0 Å². The Morgan fingerprint density at radius 2 is 2.08 bits per heavy atom. The van der Waals surface area contributed by atoms with Crippen LogP contribution in [0.15, 0.2) is 22.6 Å². The minimum Gasteiger partial charge on any atom is -0.424 e. The fraction of sp³-hybridized carbons (Fsp3) is 0.529. The highest BCUT2D eigenvalue weighted by atomic mass is 19.2. The molecule has 1 saturated heterocycles. The van der Waals surface area contributed by atoms with Crippen LogP contribution in [-0.4, -0.2) is 33.7 Å². The molecule has 1 fully saturated rings. The maximum absolute atomic E-state index is 13.7. The Labute approximate surface area is 140 Å². The number of benzene rings is 1. The van der Waals surface area contributed by atoms with Gasteiger partial charge in [0.05, 0.1) is 12.6 Å². The maximum atomic E-state index is 13.7. The summed E-state index contributed by atoms with van der Waals surface area (Å²) in [7, 11) is 0. The van der Waals surface area contributed by atoms with Crippen LogP contribution in [0.5, 0.6) is 0 Å². The number of nitrogens with zero attached hydrogens (tertiary/aromatic N) is 3. The monoisotopic (exact) mass is 336 g/mol. The first-order valence-electron chi connectivity index (χ1n) is 8.18. The molecular weight excluding hydrogens is 314 g/mol. The zero-order valence-electron chi connectivity index (χ0n) is 14.1. The zero-order valence-corrected chi connectivity index (χ0v) is 14.1. The quantitative estimate of drug-likeness (QED) is 0.910. The van der Waals surface area contributed by atoms with Gasteiger partial charge in [-0.25, -0.2) is 8.78 Å². The van der Waals surface area contributed by atoms with Gasteiger partial charge in [-0.1, -0.05) is 6.07 Å². The van der Waals surface area contributed by atoms with Gasteiger partial charge in [-0.3, -0.25) is 4.90 Å². The zero-order chi connectivity index (χ0) is 17.3. The third-order valence-electron chi connectivity index (χ3n) is 4.47. The molecule has 0 bridgehead atoms. The van der Waals surface area contributed by atoms with E-state index < -0.39 is 11.6 Å². The number of nitrogens with one attached hydrogen (secondary N) is 1. The molecule has 1 aliphatic rings. The van der Waals surface area contributed by atoms with Gasteiger partial charge in [-0.2, -0.15) is 0 Å². The van der Waals surface area contributed by atoms with Crippen molar-refractivity contribution in [3.8, 4) is 0 Å². The highest BCUT2D eigenvalue weighted by Gasteiger charge is 2.36. The molecule has 0 saturated carbocycles. The van der Waals surface area contributed by atoms with Crippen molar-refractivity contribution in [1.29, 1.82) is 0 Å². The molecule has 2 heterocycles. The highest BCUT2D eigenvalue weighted by Crippen LogP contribution is 2.34. The van der Waals surface area contributed by atoms with Crippen LogP contribution >= 0.6 is 0 Å². The molecule has 0 amide bonds. The lowest BCUT2D eigenvalue weighted by Gasteiger charge is -2.32. The van der Waals surface area contributed by atoms with Crippen LogP contribution in [0.1, 0.15) is 43.7 Å². The summed E-state index contributed by atoms with van der Waals surface area (Å²) in [6.45, 7) is 7.31. The van der Waals surface area contributed by atoms with Crippen molar-refractivity contribution in [2.75, 3.05) is 6.54 Å². The second kappa shape index (κ2) is 6.94. The summed E-state index contributed by atoms with van der Waals surface area (Å²) in [5, 5.41) is 11.2. The first kappa shape index (κ1) is 17.0. The number of aromatic nitrogens is 2. The summed E-state index contributed by atoms with van der Waals surface area (Å²) in [5.74, 6) is -0.577. The van der Waals surface area contributed by atoms with E-state index in [-0.39, 0.29) is 12.1 Å². The summed E-state index contributed by atoms with van der Waals surface area (Å²) in [6.07, 6.45) is 0.912. The minimum absolute atomic E-state index is 0.0240. The molecule has 1 aromatic carbocycles. The number of rotatable bonds is 5. The van der Waals surface area contributed by atoms with E-state index in [1.54, 1.807) is 13.0 Å². The first-order valence-corrected chi connectivity index (χ1v) is 8.18. The van der Waals surface area contributed by atoms with Crippen molar-refractivity contribution < 1.29 is 13.2 Å². The Kier molecular flexibility index (Phi) is 4.91. The number of aryl methyl sites for hydroxylation is 1. The summed E-state index contributed by atoms with van der Waals surface area (Å²) in [4.78, 5) is 2.30. The molecule has 3 rings (SSSR count). The molecule has 24 heavy (non-hydrogen) atoms. The lowest BCUT2D eigenvalue weighted by molar-refractivity contribution is 0.188. The predicted molar refractivity (Wildman–Crippen MR) is 85.2 cm³/mol. The highest BCUT2D eigenvalue weighted by molar-refractivity contribution is 5.24. The summed E-state index contributed by atoms with van der Waals surface area (Å²) >= 11 is 0. The van der Waals surface area contributed by atoms with Crippen LogP contribution in [0.25, 0.3) is 0 Å². The molecule has 0 radical (unpaired) electrons. The van der Waals surface area contributed by atoms with E-state index in [2.05, 4.69) is 34.3 Å². The van der Waals surface area contributed by atoms with E-state index in [1.165, 1.54) is 12.1 Å². The molecule has 1 aromatic heterocycles. The molecule has 7 heteroatoms. The van der Waals surface area contributed by atoms with Crippen molar-refractivity contribution in [1.82, 2.24) is 20.4 Å². The van der Waals surface area contributed by atoms with E-state index >= 15 is 0 Å². The lowest BCUT2D eigenvalue weighted by Crippen LogP contribution is -2.38. The third-order valence-corrected chi connectivity index (χ3v) is 4.47. The molecule has 2 atom stereocenters. The van der Waals surface area contributed by atoms with Crippen LogP contribution in [-0.2, 0) is 6.54 Å². The summed E-state index contributed by atoms with van der Waals surface area (Å²) in [6, 6.07) is 4.54. The van der Waals surface area contributed by atoms with Crippen molar-refractivity contribution in [3.63, 3.8) is 0 Å². The maximum Gasteiger partial charge on any atom is 0.230 e. The largest absolute Gasteiger partial charge is 0.424 e. The Bertz CT molecular complexity index is 704. The van der Waals surface area contributed by atoms with Gasteiger partial charge in [0.25, 0.3) is 0 Å². The van der Waals surface area contributed by atoms with Gasteiger partial charge in [-0.05, 0) is 38.0 Å². The van der Waals surface area contributed by atoms with Crippen LogP contribution in [0.2, 0.25) is 0 Å². The predicted octanol–water partition coefficient (Wildman–Crippen LogP) is 2.97. The second-order valence-corrected chi connectivity index (χ2v) is 6.44. The molecular formula is C17H22F2N4O. The standard InChI is InChI=1S/C17H22F2N4O/c1-10(2)23-7-6-15(20-9-16-22-21-11(3)24-16)17(23)12-4-5-13(18)14(19)8-12/h4-5,8,10,15,17,20H,6-7,9H2,1-3H3/t15-,17+/m1/s1. The van der Waals surface area contributed by atoms with Crippen molar-refractivity contribution >= 4 is 0 Å². The topological polar surface area (TPSA) is 54.2 Å². The van der Waals surface area contributed by atoms with Crippen LogP contribution in [0.4, 0.5) is 8.78 Å². The molecule has 0 unspecified atom stereocenters. The Balaban J connectivity index is 1.80. The molecule has 130 valence electrons. The Morgan fingerprint density at radius 3 is 2.71 bits per heavy atom. The summed E-state index contributed by atoms with van der Waals surface area (Å²) < 4.78 is 32.4. The van der Waals surface area contributed by atoms with Gasteiger partial charge < -0.3 is 9.73 Å². The average molecular weight is 336 g/mol. The van der Waals surface area contributed by atoms with Gasteiger partial charge in [0.15, 0.2) is 11.6 Å². The van der Waals surface area contributed by atoms with Gasteiger partial charge in [0.1, 0.15) is 0 Å². The smallest absolute Gasteiger partial charge is 0.230 e. The van der Waals surface area contributed by atoms with Crippen molar-refractivity contribution in [3.05, 3.63) is 47.2 Å². The first-order chi connectivity index (χ1) is 11.5. The van der Waals surface area contributed by atoms with E-state index in [1.807, 2.05) is 0 Å². The van der Waals surface area contributed by atoms with Gasteiger partial charge in [0.2, 0.25) is 11.8 Å². The van der Waals surface area contributed by atoms with Gasteiger partial charge >= 0.3 is 0 Å². The molecule has 2 aromatic rings. The lowest BCUT2D eigenvalue weighted by atomic mass is 9.99. The average Bonchev–Trinajstić information content (AvgIpc) is 3.14. The molecule has 0 spiro atoms. The minimum atomic E-state index is -0.821. The van der Waals surface area contributed by atoms with E-state index in [4.69, 9.17) is 4.42 Å². The number of halogens is 2. The van der Waals surface area contributed by atoms with Crippen LogP contribution in [0, 0.1) is 18.6 Å².